The maximum atomic E-state index is 6.26. The molecule has 3 aromatic heterocycles. The van der Waals surface area contributed by atoms with Gasteiger partial charge in [0, 0.05) is 26.3 Å². The molecule has 1 aliphatic heterocycles. The Morgan fingerprint density at radius 1 is 1.21 bits per heavy atom. The SMILES string of the molecule is CC(Nc1nc(N)nc(N)c1Cl)c1nc2ccn(C)c2cc1N1CCOCC1. The average molecular weight is 403 g/mol. The molecule has 0 radical (unpaired) electrons. The zero-order chi connectivity index (χ0) is 19.8. The van der Waals surface area contributed by atoms with Gasteiger partial charge < -0.3 is 31.0 Å². The molecule has 0 aromatic carbocycles. The number of hydrogen-bond donors (Lipinski definition) is 3. The highest BCUT2D eigenvalue weighted by atomic mass is 35.5. The van der Waals surface area contributed by atoms with Crippen molar-refractivity contribution in [3.8, 4) is 0 Å². The fourth-order valence-electron chi connectivity index (χ4n) is 3.42. The van der Waals surface area contributed by atoms with E-state index in [-0.39, 0.29) is 22.8 Å². The molecule has 0 amide bonds. The number of fused-ring (bicyclic) bond motifs is 1. The lowest BCUT2D eigenvalue weighted by Crippen LogP contribution is -2.37. The van der Waals surface area contributed by atoms with E-state index >= 15 is 0 Å². The van der Waals surface area contributed by atoms with Crippen molar-refractivity contribution < 1.29 is 4.74 Å². The third-order valence-electron chi connectivity index (χ3n) is 4.88. The number of pyridine rings is 1. The summed E-state index contributed by atoms with van der Waals surface area (Å²) >= 11 is 6.26. The number of morpholine rings is 1. The standard InChI is InChI=1S/C18H23ClN8O/c1-10(22-17-14(19)16(20)24-18(21)25-17)15-13(27-5-7-28-8-6-27)9-12-11(23-15)3-4-26(12)2/h3-4,9-10H,5-8H2,1-2H3,(H5,20,21,22,24,25). The van der Waals surface area contributed by atoms with E-state index in [0.717, 1.165) is 35.5 Å². The summed E-state index contributed by atoms with van der Waals surface area (Å²) in [5, 5.41) is 3.53. The number of aryl methyl sites for hydroxylation is 1. The molecule has 10 heteroatoms. The lowest BCUT2D eigenvalue weighted by molar-refractivity contribution is 0.122. The number of nitrogens with zero attached hydrogens (tertiary/aromatic N) is 5. The third-order valence-corrected chi connectivity index (χ3v) is 5.26. The molecule has 1 atom stereocenters. The van der Waals surface area contributed by atoms with Crippen LogP contribution < -0.4 is 21.7 Å². The number of aromatic nitrogens is 4. The molecule has 5 N–H and O–H groups in total. The second kappa shape index (κ2) is 7.33. The summed E-state index contributed by atoms with van der Waals surface area (Å²) in [6.07, 6.45) is 2.01. The summed E-state index contributed by atoms with van der Waals surface area (Å²) in [5.74, 6) is 0.599. The molecular weight excluding hydrogens is 380 g/mol. The second-order valence-electron chi connectivity index (χ2n) is 6.82. The first kappa shape index (κ1) is 18.6. The molecule has 9 nitrogen and oxygen atoms in total. The average Bonchev–Trinajstić information content (AvgIpc) is 3.05. The van der Waals surface area contributed by atoms with Gasteiger partial charge in [0.05, 0.1) is 41.7 Å². The highest BCUT2D eigenvalue weighted by molar-refractivity contribution is 6.35. The van der Waals surface area contributed by atoms with Gasteiger partial charge in [0.2, 0.25) is 5.95 Å². The quantitative estimate of drug-likeness (QED) is 0.607. The predicted molar refractivity (Wildman–Crippen MR) is 112 cm³/mol. The van der Waals surface area contributed by atoms with Gasteiger partial charge in [-0.25, -0.2) is 4.98 Å². The van der Waals surface area contributed by atoms with E-state index in [1.807, 2.05) is 26.2 Å². The summed E-state index contributed by atoms with van der Waals surface area (Å²) in [5.41, 5.74) is 15.5. The normalized spacial score (nSPS) is 15.8. The van der Waals surface area contributed by atoms with Gasteiger partial charge in [0.25, 0.3) is 0 Å². The Balaban J connectivity index is 1.75. The molecule has 0 saturated carbocycles. The van der Waals surface area contributed by atoms with Gasteiger partial charge in [0.15, 0.2) is 5.82 Å². The fraction of sp³-hybridized carbons (Fsp3) is 0.389. The Morgan fingerprint density at radius 2 is 1.96 bits per heavy atom. The van der Waals surface area contributed by atoms with Gasteiger partial charge in [-0.05, 0) is 19.1 Å². The molecule has 4 rings (SSSR count). The second-order valence-corrected chi connectivity index (χ2v) is 7.20. The number of nitrogens with one attached hydrogen (secondary N) is 1. The first-order chi connectivity index (χ1) is 13.4. The Bertz CT molecular complexity index is 1010. The minimum atomic E-state index is -0.186. The van der Waals surface area contributed by atoms with Crippen LogP contribution in [0.5, 0.6) is 0 Å². The number of rotatable bonds is 4. The highest BCUT2D eigenvalue weighted by Crippen LogP contribution is 2.33. The molecule has 3 aromatic rings. The topological polar surface area (TPSA) is 120 Å². The number of ether oxygens (including phenoxy) is 1. The number of nitrogens with two attached hydrogens (primary N) is 2. The van der Waals surface area contributed by atoms with Crippen LogP contribution in [0.2, 0.25) is 5.02 Å². The zero-order valence-electron chi connectivity index (χ0n) is 15.8. The first-order valence-electron chi connectivity index (χ1n) is 9.07. The van der Waals surface area contributed by atoms with Crippen molar-refractivity contribution in [1.29, 1.82) is 0 Å². The van der Waals surface area contributed by atoms with Crippen LogP contribution in [0.25, 0.3) is 11.0 Å². The third kappa shape index (κ3) is 3.38. The highest BCUT2D eigenvalue weighted by Gasteiger charge is 2.22. The maximum absolute atomic E-state index is 6.26. The molecule has 148 valence electrons. The zero-order valence-corrected chi connectivity index (χ0v) is 16.6. The van der Waals surface area contributed by atoms with Gasteiger partial charge in [-0.2, -0.15) is 9.97 Å². The monoisotopic (exact) mass is 402 g/mol. The van der Waals surface area contributed by atoms with Crippen molar-refractivity contribution in [1.82, 2.24) is 19.5 Å². The van der Waals surface area contributed by atoms with E-state index in [0.29, 0.717) is 19.0 Å². The van der Waals surface area contributed by atoms with Crippen molar-refractivity contribution in [3.05, 3.63) is 29.0 Å². The van der Waals surface area contributed by atoms with Crippen LogP contribution in [-0.2, 0) is 11.8 Å². The fourth-order valence-corrected chi connectivity index (χ4v) is 3.56. The van der Waals surface area contributed by atoms with E-state index in [2.05, 4.69) is 30.8 Å². The molecule has 4 heterocycles. The smallest absolute Gasteiger partial charge is 0.224 e. The molecule has 0 spiro atoms. The molecule has 1 saturated heterocycles. The Labute approximate surface area is 167 Å². The van der Waals surface area contributed by atoms with Crippen molar-refractivity contribution >= 4 is 45.9 Å². The van der Waals surface area contributed by atoms with E-state index in [1.165, 1.54) is 0 Å². The molecule has 1 unspecified atom stereocenters. The molecular formula is C18H23ClN8O. The summed E-state index contributed by atoms with van der Waals surface area (Å²) in [6, 6.07) is 3.99. The van der Waals surface area contributed by atoms with Gasteiger partial charge in [-0.1, -0.05) is 11.6 Å². The summed E-state index contributed by atoms with van der Waals surface area (Å²) in [7, 11) is 2.01. The van der Waals surface area contributed by atoms with E-state index in [9.17, 15) is 0 Å². The van der Waals surface area contributed by atoms with Gasteiger partial charge in [-0.3, -0.25) is 0 Å². The minimum absolute atomic E-state index is 0.0662. The van der Waals surface area contributed by atoms with E-state index < -0.39 is 0 Å². The van der Waals surface area contributed by atoms with Crippen LogP contribution in [0.4, 0.5) is 23.3 Å². The summed E-state index contributed by atoms with van der Waals surface area (Å²) in [6.45, 7) is 5.01. The van der Waals surface area contributed by atoms with Crippen LogP contribution in [0.3, 0.4) is 0 Å². The number of nitrogen functional groups attached to an aromatic ring is 2. The van der Waals surface area contributed by atoms with E-state index in [4.69, 9.17) is 32.8 Å². The van der Waals surface area contributed by atoms with Crippen LogP contribution in [0, 0.1) is 0 Å². The van der Waals surface area contributed by atoms with Crippen molar-refractivity contribution in [3.63, 3.8) is 0 Å². The predicted octanol–water partition coefficient (Wildman–Crippen LogP) is 2.19. The van der Waals surface area contributed by atoms with Gasteiger partial charge in [-0.15, -0.1) is 0 Å². The molecule has 1 aliphatic rings. The summed E-state index contributed by atoms with van der Waals surface area (Å²) < 4.78 is 7.58. The Hall–Kier alpha value is -2.78. The van der Waals surface area contributed by atoms with Crippen LogP contribution in [0.15, 0.2) is 18.3 Å². The molecule has 0 aliphatic carbocycles. The first-order valence-corrected chi connectivity index (χ1v) is 9.45. The Morgan fingerprint density at radius 3 is 2.71 bits per heavy atom. The summed E-state index contributed by atoms with van der Waals surface area (Å²) in [4.78, 5) is 15.3. The van der Waals surface area contributed by atoms with Gasteiger partial charge >= 0.3 is 0 Å². The maximum Gasteiger partial charge on any atom is 0.224 e. The number of halogens is 1. The van der Waals surface area contributed by atoms with Gasteiger partial charge in [0.1, 0.15) is 10.8 Å². The lowest BCUT2D eigenvalue weighted by atomic mass is 10.1. The largest absolute Gasteiger partial charge is 0.382 e. The lowest BCUT2D eigenvalue weighted by Gasteiger charge is -2.31. The van der Waals surface area contributed by atoms with Crippen molar-refractivity contribution in [2.24, 2.45) is 7.05 Å². The van der Waals surface area contributed by atoms with Crippen molar-refractivity contribution in [2.45, 2.75) is 13.0 Å². The number of hydrogen-bond acceptors (Lipinski definition) is 8. The molecule has 28 heavy (non-hydrogen) atoms. The number of anilines is 4. The van der Waals surface area contributed by atoms with E-state index in [1.54, 1.807) is 0 Å². The molecule has 0 bridgehead atoms. The van der Waals surface area contributed by atoms with Crippen LogP contribution in [-0.4, -0.2) is 45.8 Å². The van der Waals surface area contributed by atoms with Crippen LogP contribution in [0.1, 0.15) is 18.7 Å². The van der Waals surface area contributed by atoms with Crippen LogP contribution >= 0.6 is 11.6 Å². The van der Waals surface area contributed by atoms with Crippen molar-refractivity contribution in [2.75, 3.05) is 48.0 Å². The minimum Gasteiger partial charge on any atom is -0.382 e. The molecule has 1 fully saturated rings. The Kier molecular flexibility index (Phi) is 4.86.